The van der Waals surface area contributed by atoms with Crippen LogP contribution < -0.4 is 0 Å². The molecule has 0 fully saturated rings. The number of carboxylic acid groups (broad SMARTS) is 1. The van der Waals surface area contributed by atoms with E-state index in [0.29, 0.717) is 0 Å². The van der Waals surface area contributed by atoms with Gasteiger partial charge in [0.05, 0.1) is 5.56 Å². The first kappa shape index (κ1) is 12.5. The van der Waals surface area contributed by atoms with Gasteiger partial charge >= 0.3 is 5.97 Å². The number of nitriles is 1. The predicted molar refractivity (Wildman–Crippen MR) is 62.2 cm³/mol. The first-order valence-corrected chi connectivity index (χ1v) is 5.91. The van der Waals surface area contributed by atoms with Crippen LogP contribution in [0.3, 0.4) is 0 Å². The van der Waals surface area contributed by atoms with E-state index in [1.165, 1.54) is 18.0 Å². The minimum atomic E-state index is -0.936. The SMILES string of the molecule is N#CSCCCCc1ccncc1C(=O)O. The van der Waals surface area contributed by atoms with Crippen molar-refractivity contribution in [2.45, 2.75) is 19.3 Å². The molecule has 0 aromatic carbocycles. The summed E-state index contributed by atoms with van der Waals surface area (Å²) in [6, 6.07) is 1.74. The average Bonchev–Trinajstić information content (AvgIpc) is 2.29. The lowest BCUT2D eigenvalue weighted by molar-refractivity contribution is 0.0695. The number of hydrogen-bond acceptors (Lipinski definition) is 4. The van der Waals surface area contributed by atoms with Gasteiger partial charge in [0, 0.05) is 18.1 Å². The summed E-state index contributed by atoms with van der Waals surface area (Å²) in [5, 5.41) is 19.3. The van der Waals surface area contributed by atoms with E-state index >= 15 is 0 Å². The summed E-state index contributed by atoms with van der Waals surface area (Å²) in [6.07, 6.45) is 5.50. The number of carbonyl (C=O) groups is 1. The molecule has 4 nitrogen and oxygen atoms in total. The molecule has 0 aliphatic heterocycles. The van der Waals surface area contributed by atoms with Crippen LogP contribution in [0.1, 0.15) is 28.8 Å². The van der Waals surface area contributed by atoms with Gasteiger partial charge in [-0.15, -0.1) is 0 Å². The van der Waals surface area contributed by atoms with E-state index in [0.717, 1.165) is 30.6 Å². The Morgan fingerprint density at radius 1 is 1.56 bits per heavy atom. The van der Waals surface area contributed by atoms with E-state index in [4.69, 9.17) is 10.4 Å². The number of thioether (sulfide) groups is 1. The Morgan fingerprint density at radius 3 is 3.06 bits per heavy atom. The number of pyridine rings is 1. The number of carboxylic acids is 1. The third-order valence-electron chi connectivity index (χ3n) is 2.15. The van der Waals surface area contributed by atoms with Gasteiger partial charge in [0.25, 0.3) is 0 Å². The zero-order valence-electron chi connectivity index (χ0n) is 8.72. The second kappa shape index (κ2) is 6.85. The molecule has 1 aromatic rings. The summed E-state index contributed by atoms with van der Waals surface area (Å²) < 4.78 is 0. The number of nitrogens with zero attached hydrogens (tertiary/aromatic N) is 2. The highest BCUT2D eigenvalue weighted by molar-refractivity contribution is 8.03. The molecule has 0 unspecified atom stereocenters. The summed E-state index contributed by atoms with van der Waals surface area (Å²) in [5.74, 6) is -0.140. The highest BCUT2D eigenvalue weighted by Gasteiger charge is 2.08. The molecule has 16 heavy (non-hydrogen) atoms. The summed E-state index contributed by atoms with van der Waals surface area (Å²) in [6.45, 7) is 0. The van der Waals surface area contributed by atoms with E-state index in [9.17, 15) is 4.79 Å². The zero-order chi connectivity index (χ0) is 11.8. The fourth-order valence-electron chi connectivity index (χ4n) is 1.37. The number of aromatic carboxylic acids is 1. The molecule has 1 N–H and O–H groups in total. The van der Waals surface area contributed by atoms with Crippen molar-refractivity contribution in [1.82, 2.24) is 4.98 Å². The molecular weight excluding hydrogens is 224 g/mol. The topological polar surface area (TPSA) is 74.0 Å². The zero-order valence-corrected chi connectivity index (χ0v) is 9.54. The average molecular weight is 236 g/mol. The maximum absolute atomic E-state index is 10.9. The van der Waals surface area contributed by atoms with Gasteiger partial charge in [0.1, 0.15) is 5.40 Å². The van der Waals surface area contributed by atoms with Gasteiger partial charge in [-0.05, 0) is 42.7 Å². The maximum atomic E-state index is 10.9. The third kappa shape index (κ3) is 3.91. The van der Waals surface area contributed by atoms with Gasteiger partial charge in [-0.25, -0.2) is 4.79 Å². The molecule has 84 valence electrons. The minimum absolute atomic E-state index is 0.274. The Balaban J connectivity index is 2.47. The van der Waals surface area contributed by atoms with Crippen LogP contribution in [0, 0.1) is 10.7 Å². The van der Waals surface area contributed by atoms with Crippen molar-refractivity contribution in [2.75, 3.05) is 5.75 Å². The van der Waals surface area contributed by atoms with E-state index < -0.39 is 5.97 Å². The van der Waals surface area contributed by atoms with Crippen molar-refractivity contribution in [1.29, 1.82) is 5.26 Å². The summed E-state index contributed by atoms with van der Waals surface area (Å²) in [5.41, 5.74) is 1.08. The number of unbranched alkanes of at least 4 members (excludes halogenated alkanes) is 1. The van der Waals surface area contributed by atoms with Crippen LogP contribution in [-0.2, 0) is 6.42 Å². The lowest BCUT2D eigenvalue weighted by Gasteiger charge is -2.04. The molecule has 0 amide bonds. The van der Waals surface area contributed by atoms with E-state index in [1.807, 2.05) is 5.40 Å². The van der Waals surface area contributed by atoms with Gasteiger partial charge in [0.2, 0.25) is 0 Å². The smallest absolute Gasteiger partial charge is 0.337 e. The lowest BCUT2D eigenvalue weighted by Crippen LogP contribution is -2.03. The minimum Gasteiger partial charge on any atom is -0.478 e. The van der Waals surface area contributed by atoms with E-state index in [2.05, 4.69) is 4.98 Å². The summed E-state index contributed by atoms with van der Waals surface area (Å²) in [4.78, 5) is 14.7. The Hall–Kier alpha value is -1.54. The van der Waals surface area contributed by atoms with Crippen LogP contribution in [0.4, 0.5) is 0 Å². The number of aromatic nitrogens is 1. The number of rotatable bonds is 6. The van der Waals surface area contributed by atoms with Crippen molar-refractivity contribution in [3.05, 3.63) is 29.6 Å². The second-order valence-electron chi connectivity index (χ2n) is 3.23. The quantitative estimate of drug-likeness (QED) is 0.606. The number of thiocyanates is 1. The van der Waals surface area contributed by atoms with Gasteiger partial charge in [-0.2, -0.15) is 5.26 Å². The number of aryl methyl sites for hydroxylation is 1. The Kier molecular flexibility index (Phi) is 5.37. The van der Waals surface area contributed by atoms with Crippen LogP contribution in [0.15, 0.2) is 18.5 Å². The van der Waals surface area contributed by atoms with E-state index in [-0.39, 0.29) is 5.56 Å². The second-order valence-corrected chi connectivity index (χ2v) is 4.11. The molecule has 0 spiro atoms. The van der Waals surface area contributed by atoms with Crippen LogP contribution in [-0.4, -0.2) is 21.8 Å². The molecule has 5 heteroatoms. The highest BCUT2D eigenvalue weighted by Crippen LogP contribution is 2.12. The van der Waals surface area contributed by atoms with Crippen molar-refractivity contribution in [2.24, 2.45) is 0 Å². The van der Waals surface area contributed by atoms with Crippen molar-refractivity contribution in [3.63, 3.8) is 0 Å². The molecule has 0 radical (unpaired) electrons. The van der Waals surface area contributed by atoms with Crippen molar-refractivity contribution < 1.29 is 9.90 Å². The Bertz CT molecular complexity index is 401. The molecule has 0 aliphatic carbocycles. The molecule has 1 heterocycles. The van der Waals surface area contributed by atoms with Crippen LogP contribution in [0.5, 0.6) is 0 Å². The lowest BCUT2D eigenvalue weighted by atomic mass is 10.0. The monoisotopic (exact) mass is 236 g/mol. The number of hydrogen-bond donors (Lipinski definition) is 1. The van der Waals surface area contributed by atoms with Gasteiger partial charge in [-0.3, -0.25) is 4.98 Å². The van der Waals surface area contributed by atoms with Crippen LogP contribution in [0.25, 0.3) is 0 Å². The highest BCUT2D eigenvalue weighted by atomic mass is 32.2. The van der Waals surface area contributed by atoms with Gasteiger partial charge < -0.3 is 5.11 Å². The van der Waals surface area contributed by atoms with Gasteiger partial charge in [-0.1, -0.05) is 0 Å². The molecule has 0 bridgehead atoms. The molecular formula is C11H12N2O2S. The largest absolute Gasteiger partial charge is 0.478 e. The summed E-state index contributed by atoms with van der Waals surface area (Å²) in [7, 11) is 0. The van der Waals surface area contributed by atoms with E-state index in [1.54, 1.807) is 12.3 Å². The molecule has 1 aromatic heterocycles. The Morgan fingerprint density at radius 2 is 2.38 bits per heavy atom. The predicted octanol–water partition coefficient (Wildman–Crippen LogP) is 2.32. The molecule has 0 aliphatic rings. The molecule has 1 rings (SSSR count). The fraction of sp³-hybridized carbons (Fsp3) is 0.364. The molecule has 0 saturated heterocycles. The molecule has 0 saturated carbocycles. The van der Waals surface area contributed by atoms with Crippen molar-refractivity contribution >= 4 is 17.7 Å². The first-order valence-electron chi connectivity index (χ1n) is 4.92. The van der Waals surface area contributed by atoms with Crippen molar-refractivity contribution in [3.8, 4) is 5.40 Å². The Labute approximate surface area is 98.3 Å². The van der Waals surface area contributed by atoms with Crippen LogP contribution >= 0.6 is 11.8 Å². The first-order chi connectivity index (χ1) is 7.75. The molecule has 0 atom stereocenters. The third-order valence-corrected chi connectivity index (χ3v) is 2.77. The van der Waals surface area contributed by atoms with Gasteiger partial charge in [0.15, 0.2) is 0 Å². The fourth-order valence-corrected chi connectivity index (χ4v) is 1.81. The maximum Gasteiger partial charge on any atom is 0.337 e. The standard InChI is InChI=1S/C11H12N2O2S/c12-8-16-6-2-1-3-9-4-5-13-7-10(9)11(14)15/h4-5,7H,1-3,6H2,(H,14,15). The normalized spacial score (nSPS) is 9.69. The van der Waals surface area contributed by atoms with Crippen LogP contribution in [0.2, 0.25) is 0 Å². The summed E-state index contributed by atoms with van der Waals surface area (Å²) >= 11 is 1.23.